The summed E-state index contributed by atoms with van der Waals surface area (Å²) in [4.78, 5) is 0. The van der Waals surface area contributed by atoms with Gasteiger partial charge in [0.15, 0.2) is 11.6 Å². The predicted octanol–water partition coefficient (Wildman–Crippen LogP) is 6.97. The first kappa shape index (κ1) is 19.7. The van der Waals surface area contributed by atoms with Crippen molar-refractivity contribution >= 4 is 10.8 Å². The molecule has 0 N–H and O–H groups in total. The lowest BCUT2D eigenvalue weighted by molar-refractivity contribution is 0.317. The highest BCUT2D eigenvalue weighted by Crippen LogP contribution is 2.23. The SMILES string of the molecule is CCCOc1ccc(-c2ccc(C#Cc3ccc4c(F)c(F)ccc4c3)cc2)cc1. The Bertz CT molecular complexity index is 1230. The van der Waals surface area contributed by atoms with Crippen molar-refractivity contribution in [1.82, 2.24) is 0 Å². The van der Waals surface area contributed by atoms with Gasteiger partial charge in [0, 0.05) is 16.5 Å². The van der Waals surface area contributed by atoms with Crippen LogP contribution in [0.25, 0.3) is 21.9 Å². The highest BCUT2D eigenvalue weighted by atomic mass is 19.2. The first-order chi connectivity index (χ1) is 14.6. The summed E-state index contributed by atoms with van der Waals surface area (Å²) in [5.41, 5.74) is 3.85. The zero-order chi connectivity index (χ0) is 20.9. The molecule has 0 atom stereocenters. The molecule has 1 nitrogen and oxygen atoms in total. The molecule has 0 amide bonds. The summed E-state index contributed by atoms with van der Waals surface area (Å²) < 4.78 is 32.8. The summed E-state index contributed by atoms with van der Waals surface area (Å²) in [6.45, 7) is 2.80. The van der Waals surface area contributed by atoms with E-state index in [9.17, 15) is 8.78 Å². The largest absolute Gasteiger partial charge is 0.494 e. The zero-order valence-electron chi connectivity index (χ0n) is 16.6. The van der Waals surface area contributed by atoms with Gasteiger partial charge in [-0.3, -0.25) is 0 Å². The molecule has 3 heteroatoms. The van der Waals surface area contributed by atoms with Crippen molar-refractivity contribution < 1.29 is 13.5 Å². The average Bonchev–Trinajstić information content (AvgIpc) is 2.79. The maximum absolute atomic E-state index is 13.8. The van der Waals surface area contributed by atoms with Crippen molar-refractivity contribution in [2.75, 3.05) is 6.61 Å². The first-order valence-corrected chi connectivity index (χ1v) is 9.87. The molecular weight excluding hydrogens is 378 g/mol. The molecule has 0 radical (unpaired) electrons. The van der Waals surface area contributed by atoms with Crippen LogP contribution in [0.3, 0.4) is 0 Å². The molecule has 0 bridgehead atoms. The highest BCUT2D eigenvalue weighted by Gasteiger charge is 2.06. The van der Waals surface area contributed by atoms with E-state index in [1.54, 1.807) is 24.3 Å². The first-order valence-electron chi connectivity index (χ1n) is 9.87. The molecule has 0 heterocycles. The third-order valence-electron chi connectivity index (χ3n) is 4.80. The molecule has 0 unspecified atom stereocenters. The quantitative estimate of drug-likeness (QED) is 0.337. The van der Waals surface area contributed by atoms with Gasteiger partial charge in [0.2, 0.25) is 0 Å². The van der Waals surface area contributed by atoms with E-state index in [2.05, 4.69) is 18.8 Å². The zero-order valence-corrected chi connectivity index (χ0v) is 16.6. The lowest BCUT2D eigenvalue weighted by atomic mass is 10.0. The van der Waals surface area contributed by atoms with Crippen LogP contribution in [0, 0.1) is 23.5 Å². The average molecular weight is 398 g/mol. The molecule has 4 aromatic rings. The standard InChI is InChI=1S/C27H20F2O/c1-2-17-30-24-13-10-22(11-14-24)21-8-5-19(6-9-21)3-4-20-7-15-25-23(18-20)12-16-26(28)27(25)29/h5-16,18H,2,17H2,1H3. The monoisotopic (exact) mass is 398 g/mol. The van der Waals surface area contributed by atoms with E-state index in [0.29, 0.717) is 5.39 Å². The number of fused-ring (bicyclic) bond motifs is 1. The van der Waals surface area contributed by atoms with E-state index in [0.717, 1.165) is 47.1 Å². The summed E-state index contributed by atoms with van der Waals surface area (Å²) in [5, 5.41) is 0.887. The third kappa shape index (κ3) is 4.34. The van der Waals surface area contributed by atoms with E-state index in [1.807, 2.05) is 48.5 Å². The summed E-state index contributed by atoms with van der Waals surface area (Å²) >= 11 is 0. The minimum atomic E-state index is -0.843. The Morgan fingerprint density at radius 3 is 2.07 bits per heavy atom. The lowest BCUT2D eigenvalue weighted by Gasteiger charge is -2.06. The Hall–Kier alpha value is -3.64. The van der Waals surface area contributed by atoms with Gasteiger partial charge in [-0.25, -0.2) is 8.78 Å². The summed E-state index contributed by atoms with van der Waals surface area (Å²) in [6.07, 6.45) is 0.985. The molecule has 0 aliphatic heterocycles. The highest BCUT2D eigenvalue weighted by molar-refractivity contribution is 5.84. The van der Waals surface area contributed by atoms with Gasteiger partial charge in [0.05, 0.1) is 6.61 Å². The molecule has 0 aromatic heterocycles. The normalized spacial score (nSPS) is 10.5. The minimum absolute atomic E-state index is 0.260. The van der Waals surface area contributed by atoms with Crippen LogP contribution in [0.1, 0.15) is 24.5 Å². The van der Waals surface area contributed by atoms with Crippen LogP contribution in [0.5, 0.6) is 5.75 Å². The van der Waals surface area contributed by atoms with Gasteiger partial charge in [-0.15, -0.1) is 0 Å². The van der Waals surface area contributed by atoms with Gasteiger partial charge >= 0.3 is 0 Å². The van der Waals surface area contributed by atoms with Crippen LogP contribution in [0.2, 0.25) is 0 Å². The Morgan fingerprint density at radius 1 is 0.733 bits per heavy atom. The Kier molecular flexibility index (Phi) is 5.77. The van der Waals surface area contributed by atoms with Crippen molar-refractivity contribution in [1.29, 1.82) is 0 Å². The molecule has 0 saturated carbocycles. The van der Waals surface area contributed by atoms with Crippen LogP contribution in [0.15, 0.2) is 78.9 Å². The second-order valence-corrected chi connectivity index (χ2v) is 7.00. The second kappa shape index (κ2) is 8.80. The van der Waals surface area contributed by atoms with Crippen molar-refractivity contribution in [2.45, 2.75) is 13.3 Å². The van der Waals surface area contributed by atoms with Crippen LogP contribution in [-0.2, 0) is 0 Å². The number of ether oxygens (including phenoxy) is 1. The van der Waals surface area contributed by atoms with Crippen LogP contribution < -0.4 is 4.74 Å². The molecular formula is C27H20F2O. The van der Waals surface area contributed by atoms with Gasteiger partial charge in [-0.05, 0) is 65.4 Å². The number of benzene rings is 4. The molecule has 4 aromatic carbocycles. The maximum Gasteiger partial charge on any atom is 0.166 e. The Balaban J connectivity index is 1.51. The van der Waals surface area contributed by atoms with Gasteiger partial charge in [0.1, 0.15) is 5.75 Å². The molecule has 30 heavy (non-hydrogen) atoms. The number of rotatable bonds is 4. The van der Waals surface area contributed by atoms with Crippen molar-refractivity contribution in [2.24, 2.45) is 0 Å². The maximum atomic E-state index is 13.8. The molecule has 0 aliphatic carbocycles. The number of hydrogen-bond acceptors (Lipinski definition) is 1. The topological polar surface area (TPSA) is 9.23 Å². The minimum Gasteiger partial charge on any atom is -0.494 e. The van der Waals surface area contributed by atoms with Crippen LogP contribution >= 0.6 is 0 Å². The lowest BCUT2D eigenvalue weighted by Crippen LogP contribution is -1.94. The number of hydrogen-bond donors (Lipinski definition) is 0. The fourth-order valence-electron chi connectivity index (χ4n) is 3.20. The van der Waals surface area contributed by atoms with Crippen LogP contribution in [-0.4, -0.2) is 6.61 Å². The van der Waals surface area contributed by atoms with E-state index in [-0.39, 0.29) is 5.39 Å². The van der Waals surface area contributed by atoms with E-state index in [1.165, 1.54) is 0 Å². The van der Waals surface area contributed by atoms with Gasteiger partial charge in [-0.1, -0.05) is 55.2 Å². The van der Waals surface area contributed by atoms with E-state index < -0.39 is 11.6 Å². The summed E-state index contributed by atoms with van der Waals surface area (Å²) in [5.74, 6) is 5.42. The number of halogens is 2. The molecule has 148 valence electrons. The van der Waals surface area contributed by atoms with Gasteiger partial charge in [0.25, 0.3) is 0 Å². The molecule has 0 saturated heterocycles. The second-order valence-electron chi connectivity index (χ2n) is 7.00. The van der Waals surface area contributed by atoms with Crippen LogP contribution in [0.4, 0.5) is 8.78 Å². The fourth-order valence-corrected chi connectivity index (χ4v) is 3.20. The molecule has 0 fully saturated rings. The smallest absolute Gasteiger partial charge is 0.166 e. The van der Waals surface area contributed by atoms with Crippen molar-refractivity contribution in [3.05, 3.63) is 102 Å². The molecule has 0 aliphatic rings. The predicted molar refractivity (Wildman–Crippen MR) is 118 cm³/mol. The Morgan fingerprint density at radius 2 is 1.37 bits per heavy atom. The fraction of sp³-hybridized carbons (Fsp3) is 0.111. The summed E-state index contributed by atoms with van der Waals surface area (Å²) in [7, 11) is 0. The molecule has 4 rings (SSSR count). The summed E-state index contributed by atoms with van der Waals surface area (Å²) in [6, 6.07) is 23.8. The van der Waals surface area contributed by atoms with Crippen molar-refractivity contribution in [3.8, 4) is 28.7 Å². The molecule has 0 spiro atoms. The van der Waals surface area contributed by atoms with E-state index >= 15 is 0 Å². The third-order valence-corrected chi connectivity index (χ3v) is 4.80. The Labute approximate surface area is 174 Å². The van der Waals surface area contributed by atoms with Crippen molar-refractivity contribution in [3.63, 3.8) is 0 Å². The van der Waals surface area contributed by atoms with E-state index in [4.69, 9.17) is 4.74 Å². The van der Waals surface area contributed by atoms with Gasteiger partial charge < -0.3 is 4.74 Å². The van der Waals surface area contributed by atoms with Gasteiger partial charge in [-0.2, -0.15) is 0 Å².